The van der Waals surface area contributed by atoms with E-state index < -0.39 is 0 Å². The molecule has 1 aromatic heterocycles. The monoisotopic (exact) mass is 323 g/mol. The number of hydrogen-bond donors (Lipinski definition) is 2. The van der Waals surface area contributed by atoms with Crippen molar-refractivity contribution in [2.24, 2.45) is 0 Å². The van der Waals surface area contributed by atoms with E-state index in [1.54, 1.807) is 11.3 Å². The molecule has 0 aliphatic heterocycles. The Morgan fingerprint density at radius 3 is 2.81 bits per heavy atom. The molecular formula is C11H18BrNOS2. The molecule has 0 radical (unpaired) electrons. The van der Waals surface area contributed by atoms with Gasteiger partial charge in [-0.15, -0.1) is 11.3 Å². The van der Waals surface area contributed by atoms with Crippen molar-refractivity contribution in [1.82, 2.24) is 5.32 Å². The van der Waals surface area contributed by atoms with Gasteiger partial charge in [0.05, 0.1) is 3.79 Å². The molecule has 0 bridgehead atoms. The van der Waals surface area contributed by atoms with Crippen LogP contribution in [0.25, 0.3) is 0 Å². The summed E-state index contributed by atoms with van der Waals surface area (Å²) >= 11 is 7.05. The first-order chi connectivity index (χ1) is 7.67. The lowest BCUT2D eigenvalue weighted by Gasteiger charge is -2.21. The largest absolute Gasteiger partial charge is 0.396 e. The minimum atomic E-state index is 0.249. The molecule has 1 heterocycles. The molecule has 16 heavy (non-hydrogen) atoms. The summed E-state index contributed by atoms with van der Waals surface area (Å²) < 4.78 is 1.17. The van der Waals surface area contributed by atoms with Crippen LogP contribution in [0.4, 0.5) is 0 Å². The van der Waals surface area contributed by atoms with E-state index in [0.29, 0.717) is 12.1 Å². The number of nitrogens with one attached hydrogen (secondary N) is 1. The maximum absolute atomic E-state index is 9.00. The van der Waals surface area contributed by atoms with Crippen LogP contribution in [0.2, 0.25) is 0 Å². The number of hydrogen-bond acceptors (Lipinski definition) is 4. The van der Waals surface area contributed by atoms with Crippen LogP contribution in [0.5, 0.6) is 0 Å². The highest BCUT2D eigenvalue weighted by Gasteiger charge is 2.13. The Morgan fingerprint density at radius 2 is 2.31 bits per heavy atom. The number of aliphatic hydroxyl groups is 1. The summed E-state index contributed by atoms with van der Waals surface area (Å²) in [6, 6.07) is 4.95. The highest BCUT2D eigenvalue weighted by Crippen LogP contribution is 2.27. The molecule has 0 amide bonds. The van der Waals surface area contributed by atoms with E-state index in [2.05, 4.69) is 46.6 Å². The molecule has 2 atom stereocenters. The summed E-state index contributed by atoms with van der Waals surface area (Å²) in [5.74, 6) is 1.04. The topological polar surface area (TPSA) is 32.3 Å². The van der Waals surface area contributed by atoms with E-state index in [1.807, 2.05) is 11.8 Å². The first-order valence-electron chi connectivity index (χ1n) is 5.28. The molecule has 0 saturated heterocycles. The second-order valence-corrected chi connectivity index (χ2v) is 7.10. The number of thiophene rings is 1. The second kappa shape index (κ2) is 7.71. The molecule has 0 aliphatic rings. The van der Waals surface area contributed by atoms with Crippen LogP contribution in [0.1, 0.15) is 24.3 Å². The molecule has 0 aromatic carbocycles. The molecule has 5 heteroatoms. The fraction of sp³-hybridized carbons (Fsp3) is 0.636. The lowest BCUT2D eigenvalue weighted by molar-refractivity contribution is 0.266. The Labute approximate surface area is 114 Å². The van der Waals surface area contributed by atoms with Gasteiger partial charge in [-0.3, -0.25) is 0 Å². The maximum atomic E-state index is 9.00. The lowest BCUT2D eigenvalue weighted by atomic mass is 10.2. The van der Waals surface area contributed by atoms with Gasteiger partial charge in [0, 0.05) is 29.3 Å². The first-order valence-corrected chi connectivity index (χ1v) is 8.28. The Balaban J connectivity index is 2.50. The number of aliphatic hydroxyl groups excluding tert-OH is 1. The molecular weight excluding hydrogens is 306 g/mol. The summed E-state index contributed by atoms with van der Waals surface area (Å²) in [5.41, 5.74) is 0. The zero-order chi connectivity index (χ0) is 12.0. The van der Waals surface area contributed by atoms with Crippen LogP contribution in [-0.4, -0.2) is 29.8 Å². The quantitative estimate of drug-likeness (QED) is 0.807. The summed E-state index contributed by atoms with van der Waals surface area (Å²) in [6.07, 6.45) is 2.91. The zero-order valence-corrected chi connectivity index (χ0v) is 12.8. The van der Waals surface area contributed by atoms with Crippen molar-refractivity contribution in [3.05, 3.63) is 20.8 Å². The van der Waals surface area contributed by atoms with Gasteiger partial charge in [0.15, 0.2) is 0 Å². The molecule has 1 aromatic rings. The number of thioether (sulfide) groups is 1. The Morgan fingerprint density at radius 1 is 1.56 bits per heavy atom. The van der Waals surface area contributed by atoms with Crippen molar-refractivity contribution < 1.29 is 5.11 Å². The third-order valence-corrected chi connectivity index (χ3v) is 4.89. The van der Waals surface area contributed by atoms with Crippen LogP contribution < -0.4 is 5.32 Å². The Bertz CT molecular complexity index is 300. The summed E-state index contributed by atoms with van der Waals surface area (Å²) in [6.45, 7) is 2.42. The van der Waals surface area contributed by atoms with Gasteiger partial charge in [0.2, 0.25) is 0 Å². The Hall–Kier alpha value is 0.450. The highest BCUT2D eigenvalue weighted by atomic mass is 79.9. The molecule has 0 aliphatic carbocycles. The number of halogens is 1. The van der Waals surface area contributed by atoms with E-state index in [-0.39, 0.29) is 6.61 Å². The fourth-order valence-corrected chi connectivity index (χ4v) is 3.67. The molecule has 2 N–H and O–H groups in total. The number of rotatable bonds is 7. The van der Waals surface area contributed by atoms with Crippen molar-refractivity contribution in [2.75, 3.05) is 18.6 Å². The summed E-state index contributed by atoms with van der Waals surface area (Å²) in [7, 11) is 0. The maximum Gasteiger partial charge on any atom is 0.0701 e. The van der Waals surface area contributed by atoms with Gasteiger partial charge in [0.1, 0.15) is 0 Å². The van der Waals surface area contributed by atoms with Crippen molar-refractivity contribution in [3.63, 3.8) is 0 Å². The van der Waals surface area contributed by atoms with Crippen LogP contribution in [0.3, 0.4) is 0 Å². The first kappa shape index (κ1) is 14.5. The van der Waals surface area contributed by atoms with Crippen LogP contribution >= 0.6 is 39.0 Å². The van der Waals surface area contributed by atoms with E-state index >= 15 is 0 Å². The van der Waals surface area contributed by atoms with Gasteiger partial charge in [-0.25, -0.2) is 0 Å². The van der Waals surface area contributed by atoms with Gasteiger partial charge in [-0.1, -0.05) is 0 Å². The lowest BCUT2D eigenvalue weighted by Crippen LogP contribution is -2.34. The SMILES string of the molecule is CSC[C@@H](CCO)N[C@H](C)c1ccc(Br)s1. The van der Waals surface area contributed by atoms with Gasteiger partial charge in [0.25, 0.3) is 0 Å². The normalized spacial score (nSPS) is 15.0. The standard InChI is InChI=1S/C11H18BrNOS2/c1-8(10-3-4-11(12)16-10)13-9(5-6-14)7-15-2/h3-4,8-9,13-14H,5-7H2,1-2H3/t8-,9-/m1/s1. The highest BCUT2D eigenvalue weighted by molar-refractivity contribution is 9.11. The van der Waals surface area contributed by atoms with Crippen LogP contribution in [-0.2, 0) is 0 Å². The predicted octanol–water partition coefficient (Wildman–Crippen LogP) is 3.28. The smallest absolute Gasteiger partial charge is 0.0701 e. The molecule has 0 unspecified atom stereocenters. The molecule has 2 nitrogen and oxygen atoms in total. The second-order valence-electron chi connectivity index (χ2n) is 3.69. The molecule has 1 rings (SSSR count). The van der Waals surface area contributed by atoms with Crippen molar-refractivity contribution >= 4 is 39.0 Å². The average Bonchev–Trinajstić information content (AvgIpc) is 2.65. The zero-order valence-electron chi connectivity index (χ0n) is 9.57. The minimum Gasteiger partial charge on any atom is -0.396 e. The van der Waals surface area contributed by atoms with E-state index in [0.717, 1.165) is 12.2 Å². The predicted molar refractivity (Wildman–Crippen MR) is 77.4 cm³/mol. The van der Waals surface area contributed by atoms with Crippen molar-refractivity contribution in [3.8, 4) is 0 Å². The third kappa shape index (κ3) is 4.75. The van der Waals surface area contributed by atoms with Crippen molar-refractivity contribution in [2.45, 2.75) is 25.4 Å². The van der Waals surface area contributed by atoms with Crippen molar-refractivity contribution in [1.29, 1.82) is 0 Å². The van der Waals surface area contributed by atoms with Gasteiger partial charge in [-0.2, -0.15) is 11.8 Å². The third-order valence-electron chi connectivity index (χ3n) is 2.35. The Kier molecular flexibility index (Phi) is 7.00. The van der Waals surface area contributed by atoms with Crippen LogP contribution in [0.15, 0.2) is 15.9 Å². The van der Waals surface area contributed by atoms with Gasteiger partial charge >= 0.3 is 0 Å². The van der Waals surface area contributed by atoms with Gasteiger partial charge < -0.3 is 10.4 Å². The summed E-state index contributed by atoms with van der Waals surface area (Å²) in [4.78, 5) is 1.33. The molecule has 0 fully saturated rings. The average molecular weight is 324 g/mol. The van der Waals surface area contributed by atoms with E-state index in [4.69, 9.17) is 5.11 Å². The van der Waals surface area contributed by atoms with Crippen LogP contribution in [0, 0.1) is 0 Å². The summed E-state index contributed by atoms with van der Waals surface area (Å²) in [5, 5.41) is 12.6. The fourth-order valence-electron chi connectivity index (χ4n) is 1.57. The minimum absolute atomic E-state index is 0.249. The van der Waals surface area contributed by atoms with E-state index in [9.17, 15) is 0 Å². The molecule has 92 valence electrons. The molecule has 0 spiro atoms. The van der Waals surface area contributed by atoms with E-state index in [1.165, 1.54) is 8.66 Å². The molecule has 0 saturated carbocycles. The van der Waals surface area contributed by atoms with Gasteiger partial charge in [-0.05, 0) is 47.7 Å².